The van der Waals surface area contributed by atoms with Crippen LogP contribution in [-0.4, -0.2) is 17.6 Å². The summed E-state index contributed by atoms with van der Waals surface area (Å²) in [5.41, 5.74) is -0.0555. The van der Waals surface area contributed by atoms with Gasteiger partial charge in [-0.1, -0.05) is 61.3 Å². The highest BCUT2D eigenvalue weighted by atomic mass is 35.5. The van der Waals surface area contributed by atoms with Crippen LogP contribution in [0, 0.1) is 5.92 Å². The van der Waals surface area contributed by atoms with Gasteiger partial charge in [-0.15, -0.1) is 0 Å². The van der Waals surface area contributed by atoms with Gasteiger partial charge in [-0.2, -0.15) is 0 Å². The lowest BCUT2D eigenvalue weighted by Gasteiger charge is -2.30. The lowest BCUT2D eigenvalue weighted by Crippen LogP contribution is -2.42. The third kappa shape index (κ3) is 4.73. The summed E-state index contributed by atoms with van der Waals surface area (Å²) in [6, 6.07) is 13.9. The Labute approximate surface area is 152 Å². The zero-order chi connectivity index (χ0) is 17.7. The Morgan fingerprint density at radius 3 is 1.79 bits per heavy atom. The van der Waals surface area contributed by atoms with Crippen LogP contribution in [0.4, 0.5) is 0 Å². The number of carbonyl (C=O) groups excluding carboxylic acids is 1. The van der Waals surface area contributed by atoms with Crippen LogP contribution >= 0.6 is 23.2 Å². The molecule has 2 rings (SSSR count). The molecule has 2 aromatic carbocycles. The van der Waals surface area contributed by atoms with Gasteiger partial charge >= 0.3 is 0 Å². The second-order valence-electron chi connectivity index (χ2n) is 6.25. The molecule has 0 atom stereocenters. The molecule has 0 aliphatic rings. The predicted octanol–water partition coefficient (Wildman–Crippen LogP) is 4.39. The Bertz CT molecular complexity index is 636. The molecular formula is C19H21Cl2NO2. The zero-order valence-corrected chi connectivity index (χ0v) is 15.2. The highest BCUT2D eigenvalue weighted by molar-refractivity contribution is 6.30. The number of benzene rings is 2. The van der Waals surface area contributed by atoms with Crippen molar-refractivity contribution in [3.63, 3.8) is 0 Å². The standard InChI is InChI=1S/C19H21Cl2NO2/c1-13(2)11-18(23)22-12-19(24,14-3-7-16(20)8-4-14)15-5-9-17(21)10-6-15/h3-10,13,24H,11-12H2,1-2H3,(H,22,23). The Morgan fingerprint density at radius 1 is 1.00 bits per heavy atom. The van der Waals surface area contributed by atoms with Gasteiger partial charge in [0.05, 0.1) is 6.54 Å². The molecule has 0 radical (unpaired) electrons. The minimum atomic E-state index is -1.36. The second-order valence-corrected chi connectivity index (χ2v) is 7.12. The molecule has 5 heteroatoms. The molecule has 0 unspecified atom stereocenters. The average Bonchev–Trinajstić information content (AvgIpc) is 2.53. The van der Waals surface area contributed by atoms with Crippen molar-refractivity contribution in [3.8, 4) is 0 Å². The molecule has 3 nitrogen and oxygen atoms in total. The molecule has 0 saturated heterocycles. The highest BCUT2D eigenvalue weighted by Crippen LogP contribution is 2.31. The van der Waals surface area contributed by atoms with Crippen molar-refractivity contribution in [3.05, 3.63) is 69.7 Å². The third-order valence-electron chi connectivity index (χ3n) is 3.78. The molecule has 0 aliphatic carbocycles. The van der Waals surface area contributed by atoms with Crippen molar-refractivity contribution in [2.75, 3.05) is 6.54 Å². The number of hydrogen-bond acceptors (Lipinski definition) is 2. The summed E-state index contributed by atoms with van der Waals surface area (Å²) in [6.07, 6.45) is 0.414. The molecule has 0 aromatic heterocycles. The van der Waals surface area contributed by atoms with Gasteiger partial charge in [-0.05, 0) is 41.3 Å². The van der Waals surface area contributed by atoms with E-state index in [0.717, 1.165) is 0 Å². The molecule has 2 aromatic rings. The van der Waals surface area contributed by atoms with Gasteiger partial charge < -0.3 is 10.4 Å². The van der Waals surface area contributed by atoms with Crippen molar-refractivity contribution in [2.45, 2.75) is 25.9 Å². The van der Waals surface area contributed by atoms with Gasteiger partial charge in [-0.25, -0.2) is 0 Å². The van der Waals surface area contributed by atoms with Crippen LogP contribution in [-0.2, 0) is 10.4 Å². The van der Waals surface area contributed by atoms with E-state index in [0.29, 0.717) is 27.6 Å². The Morgan fingerprint density at radius 2 is 1.42 bits per heavy atom. The predicted molar refractivity (Wildman–Crippen MR) is 98.4 cm³/mol. The summed E-state index contributed by atoms with van der Waals surface area (Å²) in [5.74, 6) is 0.163. The number of aliphatic hydroxyl groups is 1. The quantitative estimate of drug-likeness (QED) is 0.797. The number of halogens is 2. The fourth-order valence-electron chi connectivity index (χ4n) is 2.49. The maximum Gasteiger partial charge on any atom is 0.220 e. The Hall–Kier alpha value is -1.55. The van der Waals surface area contributed by atoms with E-state index in [9.17, 15) is 9.90 Å². The van der Waals surface area contributed by atoms with E-state index >= 15 is 0 Å². The molecule has 0 bridgehead atoms. The van der Waals surface area contributed by atoms with E-state index < -0.39 is 5.60 Å². The molecule has 128 valence electrons. The maximum absolute atomic E-state index is 12.0. The first-order chi connectivity index (χ1) is 11.3. The lowest BCUT2D eigenvalue weighted by atomic mass is 9.86. The molecular weight excluding hydrogens is 345 g/mol. The number of carbonyl (C=O) groups is 1. The monoisotopic (exact) mass is 365 g/mol. The fourth-order valence-corrected chi connectivity index (χ4v) is 2.74. The number of hydrogen-bond donors (Lipinski definition) is 2. The van der Waals surface area contributed by atoms with Gasteiger partial charge in [0.2, 0.25) is 5.91 Å². The molecule has 0 saturated carbocycles. The SMILES string of the molecule is CC(C)CC(=O)NCC(O)(c1ccc(Cl)cc1)c1ccc(Cl)cc1. The summed E-state index contributed by atoms with van der Waals surface area (Å²) in [7, 11) is 0. The van der Waals surface area contributed by atoms with E-state index in [-0.39, 0.29) is 18.4 Å². The second kappa shape index (κ2) is 8.02. The first-order valence-corrected chi connectivity index (χ1v) is 8.58. The van der Waals surface area contributed by atoms with Crippen LogP contribution in [0.15, 0.2) is 48.5 Å². The Balaban J connectivity index is 2.32. The molecule has 0 heterocycles. The Kier molecular flexibility index (Phi) is 6.27. The van der Waals surface area contributed by atoms with Crippen LogP contribution in [0.3, 0.4) is 0 Å². The lowest BCUT2D eigenvalue weighted by molar-refractivity contribution is -0.122. The molecule has 24 heavy (non-hydrogen) atoms. The molecule has 0 fully saturated rings. The zero-order valence-electron chi connectivity index (χ0n) is 13.7. The summed E-state index contributed by atoms with van der Waals surface area (Å²) in [4.78, 5) is 12.0. The van der Waals surface area contributed by atoms with Crippen molar-refractivity contribution < 1.29 is 9.90 Å². The van der Waals surface area contributed by atoms with Crippen molar-refractivity contribution in [2.24, 2.45) is 5.92 Å². The molecule has 0 spiro atoms. The van der Waals surface area contributed by atoms with Crippen LogP contribution in [0.5, 0.6) is 0 Å². The topological polar surface area (TPSA) is 49.3 Å². The van der Waals surface area contributed by atoms with Gasteiger partial charge in [0.15, 0.2) is 0 Å². The van der Waals surface area contributed by atoms with Crippen molar-refractivity contribution in [1.29, 1.82) is 0 Å². The smallest absolute Gasteiger partial charge is 0.220 e. The van der Waals surface area contributed by atoms with Crippen molar-refractivity contribution >= 4 is 29.1 Å². The van der Waals surface area contributed by atoms with Crippen molar-refractivity contribution in [1.82, 2.24) is 5.32 Å². The fraction of sp³-hybridized carbons (Fsp3) is 0.316. The minimum absolute atomic E-state index is 0.0712. The average molecular weight is 366 g/mol. The van der Waals surface area contributed by atoms with E-state index in [4.69, 9.17) is 23.2 Å². The number of rotatable bonds is 6. The largest absolute Gasteiger partial charge is 0.379 e. The van der Waals surface area contributed by atoms with Gasteiger partial charge in [0.25, 0.3) is 0 Å². The summed E-state index contributed by atoms with van der Waals surface area (Å²) < 4.78 is 0. The molecule has 1 amide bonds. The third-order valence-corrected chi connectivity index (χ3v) is 4.28. The van der Waals surface area contributed by atoms with E-state index in [1.165, 1.54) is 0 Å². The van der Waals surface area contributed by atoms with Crippen LogP contribution < -0.4 is 5.32 Å². The maximum atomic E-state index is 12.0. The normalized spacial score (nSPS) is 11.6. The molecule has 0 aliphatic heterocycles. The first-order valence-electron chi connectivity index (χ1n) is 7.82. The summed E-state index contributed by atoms with van der Waals surface area (Å²) in [6.45, 7) is 4.02. The van der Waals surface area contributed by atoms with E-state index in [1.807, 2.05) is 13.8 Å². The highest BCUT2D eigenvalue weighted by Gasteiger charge is 2.32. The van der Waals surface area contributed by atoms with Gasteiger partial charge in [0.1, 0.15) is 5.60 Å². The van der Waals surface area contributed by atoms with Crippen LogP contribution in [0.2, 0.25) is 10.0 Å². The van der Waals surface area contributed by atoms with E-state index in [2.05, 4.69) is 5.32 Å². The summed E-state index contributed by atoms with van der Waals surface area (Å²) >= 11 is 11.9. The minimum Gasteiger partial charge on any atom is -0.379 e. The first kappa shape index (κ1) is 18.8. The summed E-state index contributed by atoms with van der Waals surface area (Å²) in [5, 5.41) is 15.3. The van der Waals surface area contributed by atoms with Crippen LogP contribution in [0.1, 0.15) is 31.4 Å². The van der Waals surface area contributed by atoms with E-state index in [1.54, 1.807) is 48.5 Å². The number of amides is 1. The van der Waals surface area contributed by atoms with Crippen LogP contribution in [0.25, 0.3) is 0 Å². The van der Waals surface area contributed by atoms with Gasteiger partial charge in [-0.3, -0.25) is 4.79 Å². The van der Waals surface area contributed by atoms with Gasteiger partial charge in [0, 0.05) is 16.5 Å². The molecule has 2 N–H and O–H groups in total. The number of nitrogens with one attached hydrogen (secondary N) is 1.